The Morgan fingerprint density at radius 3 is 2.63 bits per heavy atom. The van der Waals surface area contributed by atoms with Gasteiger partial charge in [0.25, 0.3) is 15.9 Å². The molecular weight excluding hydrogens is 424 g/mol. The van der Waals surface area contributed by atoms with Crippen molar-refractivity contribution in [2.75, 3.05) is 16.7 Å². The Balaban J connectivity index is 1.59. The molecule has 0 spiro atoms. The first-order valence-corrected chi connectivity index (χ1v) is 11.0. The lowest BCUT2D eigenvalue weighted by atomic mass is 10.3. The predicted molar refractivity (Wildman–Crippen MR) is 113 cm³/mol. The summed E-state index contributed by atoms with van der Waals surface area (Å²) in [5.41, 5.74) is 1.44. The summed E-state index contributed by atoms with van der Waals surface area (Å²) >= 11 is 1.23. The molecule has 11 heteroatoms. The van der Waals surface area contributed by atoms with Gasteiger partial charge in [0, 0.05) is 12.7 Å². The molecule has 0 unspecified atom stereocenters. The van der Waals surface area contributed by atoms with Crippen molar-refractivity contribution in [1.29, 1.82) is 0 Å². The quantitative estimate of drug-likeness (QED) is 0.494. The summed E-state index contributed by atoms with van der Waals surface area (Å²) in [6.07, 6.45) is 1.39. The number of nitrogens with one attached hydrogen (secondary N) is 1. The van der Waals surface area contributed by atoms with E-state index in [0.29, 0.717) is 21.9 Å². The predicted octanol–water partition coefficient (Wildman–Crippen LogP) is 2.80. The summed E-state index contributed by atoms with van der Waals surface area (Å²) in [5, 5.41) is 15.5. The number of tetrazole rings is 1. The summed E-state index contributed by atoms with van der Waals surface area (Å²) < 4.78 is 28.6. The molecule has 0 atom stereocenters. The van der Waals surface area contributed by atoms with E-state index in [4.69, 9.17) is 0 Å². The smallest absolute Gasteiger partial charge is 0.267 e. The van der Waals surface area contributed by atoms with Crippen LogP contribution in [0.15, 0.2) is 77.3 Å². The molecule has 0 bridgehead atoms. The van der Waals surface area contributed by atoms with E-state index in [1.807, 2.05) is 6.07 Å². The molecule has 0 aliphatic carbocycles. The van der Waals surface area contributed by atoms with Gasteiger partial charge in [-0.15, -0.1) is 16.4 Å². The minimum atomic E-state index is -3.79. The van der Waals surface area contributed by atoms with Gasteiger partial charge in [0.05, 0.1) is 16.3 Å². The second-order valence-corrected chi connectivity index (χ2v) is 9.06. The van der Waals surface area contributed by atoms with E-state index in [0.717, 1.165) is 0 Å². The minimum Gasteiger partial charge on any atom is -0.321 e. The largest absolute Gasteiger partial charge is 0.321 e. The summed E-state index contributed by atoms with van der Waals surface area (Å²) in [6, 6.07) is 16.6. The average Bonchev–Trinajstić information content (AvgIpc) is 3.45. The second-order valence-electron chi connectivity index (χ2n) is 6.18. The van der Waals surface area contributed by atoms with E-state index in [9.17, 15) is 13.2 Å². The fraction of sp³-hybridized carbons (Fsp3) is 0.0526. The van der Waals surface area contributed by atoms with E-state index in [1.54, 1.807) is 47.8 Å². The van der Waals surface area contributed by atoms with Gasteiger partial charge in [0.2, 0.25) is 0 Å². The van der Waals surface area contributed by atoms with Crippen LogP contribution in [0, 0.1) is 0 Å². The van der Waals surface area contributed by atoms with Gasteiger partial charge in [-0.25, -0.2) is 8.42 Å². The molecule has 0 aliphatic rings. The topological polar surface area (TPSA) is 110 Å². The third kappa shape index (κ3) is 3.80. The number of nitrogens with zero attached hydrogens (tertiary/aromatic N) is 5. The molecule has 2 aromatic heterocycles. The third-order valence-electron chi connectivity index (χ3n) is 4.32. The van der Waals surface area contributed by atoms with Crippen LogP contribution < -0.4 is 9.62 Å². The number of hydrogen-bond donors (Lipinski definition) is 1. The minimum absolute atomic E-state index is 0.0681. The molecule has 0 saturated carbocycles. The van der Waals surface area contributed by atoms with Gasteiger partial charge in [-0.1, -0.05) is 24.3 Å². The summed E-state index contributed by atoms with van der Waals surface area (Å²) in [7, 11) is -2.31. The number of aromatic nitrogens is 4. The van der Waals surface area contributed by atoms with Gasteiger partial charge in [-0.05, 0) is 52.2 Å². The van der Waals surface area contributed by atoms with Crippen molar-refractivity contribution < 1.29 is 13.2 Å². The van der Waals surface area contributed by atoms with Gasteiger partial charge in [0.15, 0.2) is 0 Å². The molecule has 0 aliphatic heterocycles. The zero-order chi connectivity index (χ0) is 21.1. The fourth-order valence-corrected chi connectivity index (χ4v) is 4.80. The third-order valence-corrected chi connectivity index (χ3v) is 7.00. The summed E-state index contributed by atoms with van der Waals surface area (Å²) in [5.74, 6) is -0.388. The molecule has 30 heavy (non-hydrogen) atoms. The molecule has 0 fully saturated rings. The van der Waals surface area contributed by atoms with E-state index in [2.05, 4.69) is 20.8 Å². The molecule has 4 rings (SSSR count). The van der Waals surface area contributed by atoms with Gasteiger partial charge < -0.3 is 5.32 Å². The van der Waals surface area contributed by atoms with Crippen molar-refractivity contribution >= 4 is 38.6 Å². The van der Waals surface area contributed by atoms with Crippen molar-refractivity contribution in [3.05, 3.63) is 77.2 Å². The maximum atomic E-state index is 13.0. The molecule has 2 heterocycles. The first-order chi connectivity index (χ1) is 14.5. The molecule has 152 valence electrons. The highest BCUT2D eigenvalue weighted by Gasteiger charge is 2.22. The van der Waals surface area contributed by atoms with E-state index >= 15 is 0 Å². The Kier molecular flexibility index (Phi) is 5.29. The van der Waals surface area contributed by atoms with Crippen LogP contribution >= 0.6 is 11.3 Å². The number of carbonyl (C=O) groups excluding carboxylic acids is 1. The highest BCUT2D eigenvalue weighted by molar-refractivity contribution is 7.92. The van der Waals surface area contributed by atoms with Gasteiger partial charge in [-0.2, -0.15) is 4.68 Å². The number of amides is 1. The Labute approximate surface area is 176 Å². The zero-order valence-corrected chi connectivity index (χ0v) is 17.3. The van der Waals surface area contributed by atoms with Gasteiger partial charge in [-0.3, -0.25) is 9.10 Å². The van der Waals surface area contributed by atoms with Crippen LogP contribution in [0.2, 0.25) is 0 Å². The number of carbonyl (C=O) groups is 1. The zero-order valence-electron chi connectivity index (χ0n) is 15.7. The molecule has 4 aromatic rings. The van der Waals surface area contributed by atoms with Crippen molar-refractivity contribution in [2.45, 2.75) is 4.90 Å². The van der Waals surface area contributed by atoms with Crippen LogP contribution in [-0.2, 0) is 10.0 Å². The van der Waals surface area contributed by atoms with Crippen LogP contribution in [0.25, 0.3) is 5.69 Å². The Bertz CT molecular complexity index is 1270. The lowest BCUT2D eigenvalue weighted by molar-refractivity contribution is 0.103. The van der Waals surface area contributed by atoms with Crippen molar-refractivity contribution in [1.82, 2.24) is 20.2 Å². The molecule has 2 aromatic carbocycles. The number of hydrogen-bond acceptors (Lipinski definition) is 7. The van der Waals surface area contributed by atoms with Crippen molar-refractivity contribution in [3.63, 3.8) is 0 Å². The monoisotopic (exact) mass is 440 g/mol. The molecule has 0 saturated heterocycles. The Hall–Kier alpha value is -3.57. The first-order valence-electron chi connectivity index (χ1n) is 8.73. The van der Waals surface area contributed by atoms with Gasteiger partial charge in [0.1, 0.15) is 11.2 Å². The summed E-state index contributed by atoms with van der Waals surface area (Å²) in [6.45, 7) is 0. The second kappa shape index (κ2) is 8.05. The van der Waals surface area contributed by atoms with Crippen LogP contribution in [0.1, 0.15) is 9.67 Å². The van der Waals surface area contributed by atoms with Gasteiger partial charge >= 0.3 is 0 Å². The Morgan fingerprint density at radius 2 is 1.90 bits per heavy atom. The van der Waals surface area contributed by atoms with Crippen molar-refractivity contribution in [2.24, 2.45) is 0 Å². The number of anilines is 2. The maximum Gasteiger partial charge on any atom is 0.267 e. The van der Waals surface area contributed by atoms with E-state index in [-0.39, 0.29) is 10.8 Å². The average molecular weight is 441 g/mol. The lowest BCUT2D eigenvalue weighted by Crippen LogP contribution is -2.26. The van der Waals surface area contributed by atoms with E-state index in [1.165, 1.54) is 45.8 Å². The number of thiophene rings is 1. The van der Waals surface area contributed by atoms with Crippen LogP contribution in [0.3, 0.4) is 0 Å². The standard InChI is InChI=1S/C19H16N6O3S2/c1-24(15-7-3-2-4-8-15)30(27,28)16-9-5-6-14(12-16)21-19(26)18-17(10-11-29-18)25-13-20-22-23-25/h2-13H,1H3,(H,21,26). The Morgan fingerprint density at radius 1 is 1.10 bits per heavy atom. The highest BCUT2D eigenvalue weighted by atomic mass is 32.2. The molecule has 1 N–H and O–H groups in total. The van der Waals surface area contributed by atoms with E-state index < -0.39 is 10.0 Å². The highest BCUT2D eigenvalue weighted by Crippen LogP contribution is 2.25. The van der Waals surface area contributed by atoms with Crippen molar-refractivity contribution in [3.8, 4) is 5.69 Å². The fourth-order valence-electron chi connectivity index (χ4n) is 2.78. The lowest BCUT2D eigenvalue weighted by Gasteiger charge is -2.19. The number of para-hydroxylation sites is 1. The SMILES string of the molecule is CN(c1ccccc1)S(=O)(=O)c1cccc(NC(=O)c2sccc2-n2cnnn2)c1. The number of benzene rings is 2. The summed E-state index contributed by atoms with van der Waals surface area (Å²) in [4.78, 5) is 13.2. The van der Waals surface area contributed by atoms with Crippen LogP contribution in [-0.4, -0.2) is 41.6 Å². The first kappa shape index (κ1) is 19.7. The number of sulfonamides is 1. The molecule has 1 amide bonds. The van der Waals surface area contributed by atoms with Crippen LogP contribution in [0.4, 0.5) is 11.4 Å². The molecule has 9 nitrogen and oxygen atoms in total. The van der Waals surface area contributed by atoms with Crippen LogP contribution in [0.5, 0.6) is 0 Å². The molecule has 0 radical (unpaired) electrons. The molecular formula is C19H16N6O3S2. The number of rotatable bonds is 6. The normalized spacial score (nSPS) is 11.2. The maximum absolute atomic E-state index is 13.0.